The first-order valence-electron chi connectivity index (χ1n) is 9.06. The highest BCUT2D eigenvalue weighted by molar-refractivity contribution is 7.91. The molecular weight excluding hydrogens is 370 g/mol. The summed E-state index contributed by atoms with van der Waals surface area (Å²) in [5.41, 5.74) is 1.07. The Morgan fingerprint density at radius 1 is 1.23 bits per heavy atom. The van der Waals surface area contributed by atoms with Crippen molar-refractivity contribution in [1.82, 2.24) is 15.2 Å². The van der Waals surface area contributed by atoms with Gasteiger partial charge in [-0.15, -0.1) is 11.3 Å². The van der Waals surface area contributed by atoms with E-state index < -0.39 is 9.84 Å². The molecule has 0 radical (unpaired) electrons. The molecule has 1 amide bonds. The van der Waals surface area contributed by atoms with Crippen LogP contribution in [0.2, 0.25) is 0 Å². The summed E-state index contributed by atoms with van der Waals surface area (Å²) >= 11 is 1.77. The number of fused-ring (bicyclic) bond motifs is 1. The fourth-order valence-corrected chi connectivity index (χ4v) is 6.60. The Balaban J connectivity index is 1.27. The van der Waals surface area contributed by atoms with Gasteiger partial charge >= 0.3 is 0 Å². The maximum Gasteiger partial charge on any atom is 0.234 e. The predicted molar refractivity (Wildman–Crippen MR) is 103 cm³/mol. The lowest BCUT2D eigenvalue weighted by Gasteiger charge is -2.30. The molecule has 0 spiro atoms. The number of hydrogen-bond donors (Lipinski definition) is 1. The monoisotopic (exact) mass is 393 g/mol. The van der Waals surface area contributed by atoms with Crippen LogP contribution < -0.4 is 5.32 Å². The highest BCUT2D eigenvalue weighted by Gasteiger charge is 2.30. The van der Waals surface area contributed by atoms with E-state index in [1.54, 1.807) is 11.3 Å². The number of para-hydroxylation sites is 1. The fourth-order valence-electron chi connectivity index (χ4n) is 3.79. The average Bonchev–Trinajstić information content (AvgIpc) is 3.18. The van der Waals surface area contributed by atoms with E-state index in [9.17, 15) is 13.2 Å². The van der Waals surface area contributed by atoms with E-state index in [4.69, 9.17) is 4.98 Å². The number of aromatic nitrogens is 1. The van der Waals surface area contributed by atoms with Crippen LogP contribution in [0.25, 0.3) is 10.2 Å². The van der Waals surface area contributed by atoms with Crippen LogP contribution in [0.4, 0.5) is 0 Å². The first-order chi connectivity index (χ1) is 12.5. The highest BCUT2D eigenvalue weighted by atomic mass is 32.2. The zero-order chi connectivity index (χ0) is 18.1. The molecule has 0 saturated carbocycles. The third kappa shape index (κ3) is 4.07. The molecule has 26 heavy (non-hydrogen) atoms. The van der Waals surface area contributed by atoms with Crippen LogP contribution in [0.5, 0.6) is 0 Å². The minimum absolute atomic E-state index is 0.0643. The van der Waals surface area contributed by atoms with Crippen molar-refractivity contribution in [3.8, 4) is 0 Å². The number of thiazole rings is 1. The summed E-state index contributed by atoms with van der Waals surface area (Å²) in [7, 11) is -2.96. The Morgan fingerprint density at radius 2 is 2.00 bits per heavy atom. The number of carbonyl (C=O) groups excluding carboxylic acids is 1. The summed E-state index contributed by atoms with van der Waals surface area (Å²) in [6, 6.07) is 8.01. The number of carbonyl (C=O) groups is 1. The standard InChI is InChI=1S/C18H23N3O3S2/c22-17(19-14-7-10-26(23,24)12-14)11-21-8-5-13(6-9-21)18-20-15-3-1-2-4-16(15)25-18/h1-4,13-14H,5-12H2,(H,19,22). The summed E-state index contributed by atoms with van der Waals surface area (Å²) < 4.78 is 24.2. The summed E-state index contributed by atoms with van der Waals surface area (Å²) in [6.07, 6.45) is 2.55. The summed E-state index contributed by atoms with van der Waals surface area (Å²) in [6.45, 7) is 2.09. The van der Waals surface area contributed by atoms with Crippen molar-refractivity contribution in [3.63, 3.8) is 0 Å². The molecule has 1 atom stereocenters. The van der Waals surface area contributed by atoms with Crippen LogP contribution in [0.1, 0.15) is 30.2 Å². The Kier molecular flexibility index (Phi) is 4.98. The van der Waals surface area contributed by atoms with Gasteiger partial charge in [0.25, 0.3) is 0 Å². The molecule has 3 heterocycles. The van der Waals surface area contributed by atoms with Gasteiger partial charge in [0.05, 0.1) is 33.3 Å². The first kappa shape index (κ1) is 17.9. The van der Waals surface area contributed by atoms with Crippen molar-refractivity contribution in [1.29, 1.82) is 0 Å². The normalized spacial score (nSPS) is 24.1. The van der Waals surface area contributed by atoms with Crippen LogP contribution in [0.3, 0.4) is 0 Å². The number of benzene rings is 1. The SMILES string of the molecule is O=C(CN1CCC(c2nc3ccccc3s2)CC1)NC1CCS(=O)(=O)C1. The number of sulfone groups is 1. The fraction of sp³-hybridized carbons (Fsp3) is 0.556. The van der Waals surface area contributed by atoms with Gasteiger partial charge < -0.3 is 5.32 Å². The molecule has 2 fully saturated rings. The van der Waals surface area contributed by atoms with Gasteiger partial charge in [-0.05, 0) is 44.5 Å². The Labute approximate surface area is 157 Å². The molecule has 1 N–H and O–H groups in total. The van der Waals surface area contributed by atoms with Crippen LogP contribution in [-0.4, -0.2) is 61.4 Å². The van der Waals surface area contributed by atoms with Crippen molar-refractivity contribution in [2.75, 3.05) is 31.1 Å². The average molecular weight is 394 g/mol. The molecule has 1 aromatic carbocycles. The number of nitrogens with one attached hydrogen (secondary N) is 1. The third-order valence-corrected chi connectivity index (χ3v) is 8.18. The zero-order valence-electron chi connectivity index (χ0n) is 14.6. The van der Waals surface area contributed by atoms with Crippen molar-refractivity contribution in [2.45, 2.75) is 31.2 Å². The molecule has 4 rings (SSSR count). The molecule has 6 nitrogen and oxygen atoms in total. The topological polar surface area (TPSA) is 79.4 Å². The largest absolute Gasteiger partial charge is 0.351 e. The van der Waals surface area contributed by atoms with Crippen molar-refractivity contribution < 1.29 is 13.2 Å². The lowest BCUT2D eigenvalue weighted by Crippen LogP contribution is -2.44. The van der Waals surface area contributed by atoms with Gasteiger partial charge in [0.2, 0.25) is 5.91 Å². The molecule has 140 valence electrons. The van der Waals surface area contributed by atoms with Crippen LogP contribution in [0, 0.1) is 0 Å². The van der Waals surface area contributed by atoms with E-state index in [-0.39, 0.29) is 23.5 Å². The number of nitrogens with zero attached hydrogens (tertiary/aromatic N) is 2. The maximum atomic E-state index is 12.2. The number of likely N-dealkylation sites (tertiary alicyclic amines) is 1. The van der Waals surface area contributed by atoms with E-state index in [0.29, 0.717) is 18.9 Å². The molecule has 2 aromatic rings. The van der Waals surface area contributed by atoms with E-state index in [0.717, 1.165) is 31.4 Å². The Morgan fingerprint density at radius 3 is 2.69 bits per heavy atom. The van der Waals surface area contributed by atoms with Crippen molar-refractivity contribution in [2.24, 2.45) is 0 Å². The molecule has 1 aromatic heterocycles. The number of rotatable bonds is 4. The summed E-state index contributed by atoms with van der Waals surface area (Å²) in [4.78, 5) is 19.1. The second-order valence-electron chi connectivity index (χ2n) is 7.24. The van der Waals surface area contributed by atoms with E-state index in [1.807, 2.05) is 12.1 Å². The molecule has 0 aliphatic carbocycles. The number of hydrogen-bond acceptors (Lipinski definition) is 6. The molecule has 2 aliphatic heterocycles. The van der Waals surface area contributed by atoms with Crippen molar-refractivity contribution in [3.05, 3.63) is 29.3 Å². The summed E-state index contributed by atoms with van der Waals surface area (Å²) in [5, 5.41) is 4.07. The third-order valence-electron chi connectivity index (χ3n) is 5.21. The molecule has 8 heteroatoms. The quantitative estimate of drug-likeness (QED) is 0.857. The van der Waals surface area contributed by atoms with Crippen LogP contribution in [0.15, 0.2) is 24.3 Å². The molecule has 2 saturated heterocycles. The van der Waals surface area contributed by atoms with Crippen LogP contribution in [-0.2, 0) is 14.6 Å². The van der Waals surface area contributed by atoms with Gasteiger partial charge in [-0.25, -0.2) is 13.4 Å². The van der Waals surface area contributed by atoms with E-state index in [2.05, 4.69) is 22.3 Å². The second-order valence-corrected chi connectivity index (χ2v) is 10.5. The molecule has 2 aliphatic rings. The van der Waals surface area contributed by atoms with Gasteiger partial charge in [-0.2, -0.15) is 0 Å². The summed E-state index contributed by atoms with van der Waals surface area (Å²) in [5.74, 6) is 0.668. The lowest BCUT2D eigenvalue weighted by molar-refractivity contribution is -0.123. The van der Waals surface area contributed by atoms with E-state index in [1.165, 1.54) is 9.71 Å². The maximum absolute atomic E-state index is 12.2. The van der Waals surface area contributed by atoms with Gasteiger partial charge in [0.1, 0.15) is 0 Å². The first-order valence-corrected chi connectivity index (χ1v) is 11.7. The molecule has 1 unspecified atom stereocenters. The lowest BCUT2D eigenvalue weighted by atomic mass is 9.97. The molecule has 0 bridgehead atoms. The minimum Gasteiger partial charge on any atom is -0.351 e. The van der Waals surface area contributed by atoms with Gasteiger partial charge in [-0.1, -0.05) is 12.1 Å². The number of piperidine rings is 1. The minimum atomic E-state index is -2.96. The Hall–Kier alpha value is -1.51. The molecular formula is C18H23N3O3S2. The predicted octanol–water partition coefficient (Wildman–Crippen LogP) is 1.78. The highest BCUT2D eigenvalue weighted by Crippen LogP contribution is 2.33. The van der Waals surface area contributed by atoms with Gasteiger partial charge in [-0.3, -0.25) is 9.69 Å². The Bertz CT molecular complexity index is 868. The smallest absolute Gasteiger partial charge is 0.234 e. The zero-order valence-corrected chi connectivity index (χ0v) is 16.2. The number of amides is 1. The second kappa shape index (κ2) is 7.25. The van der Waals surface area contributed by atoms with E-state index >= 15 is 0 Å². The van der Waals surface area contributed by atoms with Crippen molar-refractivity contribution >= 4 is 37.3 Å². The van der Waals surface area contributed by atoms with Crippen LogP contribution >= 0.6 is 11.3 Å². The van der Waals surface area contributed by atoms with Gasteiger partial charge in [0, 0.05) is 12.0 Å². The van der Waals surface area contributed by atoms with Gasteiger partial charge in [0.15, 0.2) is 9.84 Å².